The summed E-state index contributed by atoms with van der Waals surface area (Å²) in [6.07, 6.45) is 4.58. The molecule has 0 radical (unpaired) electrons. The fourth-order valence-corrected chi connectivity index (χ4v) is 15.5. The number of methoxy groups -OCH3 is 1. The van der Waals surface area contributed by atoms with Gasteiger partial charge in [-0.1, -0.05) is 155 Å². The van der Waals surface area contributed by atoms with Gasteiger partial charge in [-0.3, -0.25) is 4.79 Å². The standard InChI is InChI=1S/C51H82O6Si3/c1-38(34-39(2)48(57-59(16,17)50(6,7)8)40(3)35-54-37-43-29-31-44(53-12)32-30-43)28-33-47(52)42(5)49(56-58(13,14)15)41(4)36-55-60(51(9,10)11,45-24-20-18-21-25-45)46-26-22-19-23-27-46/h18-33,38-42,48-49H,34-37H2,1-17H3/b33-28+/t38-,39-,40-,41-,42-,48+,49-/m0/s1. The van der Waals surface area contributed by atoms with Crippen LogP contribution in [0.2, 0.25) is 42.8 Å². The predicted octanol–water partition coefficient (Wildman–Crippen LogP) is 12.1. The first kappa shape index (κ1) is 51.7. The lowest BCUT2D eigenvalue weighted by atomic mass is 9.86. The lowest BCUT2D eigenvalue weighted by Gasteiger charge is -2.44. The van der Waals surface area contributed by atoms with Gasteiger partial charge in [-0.15, -0.1) is 0 Å². The number of rotatable bonds is 23. The second kappa shape index (κ2) is 22.1. The van der Waals surface area contributed by atoms with Gasteiger partial charge in [0.1, 0.15) is 5.75 Å². The summed E-state index contributed by atoms with van der Waals surface area (Å²) in [6, 6.07) is 29.6. The summed E-state index contributed by atoms with van der Waals surface area (Å²) in [5.74, 6) is 1.24. The lowest BCUT2D eigenvalue weighted by Crippen LogP contribution is -2.67. The van der Waals surface area contributed by atoms with E-state index in [4.69, 9.17) is 22.8 Å². The molecular formula is C51H82O6Si3. The van der Waals surface area contributed by atoms with Gasteiger partial charge < -0.3 is 22.8 Å². The monoisotopic (exact) mass is 875 g/mol. The molecule has 3 aromatic rings. The van der Waals surface area contributed by atoms with E-state index in [0.717, 1.165) is 17.7 Å². The molecule has 0 N–H and O–H groups in total. The molecule has 0 aliphatic rings. The molecule has 0 spiro atoms. The maximum atomic E-state index is 14.2. The third kappa shape index (κ3) is 14.5. The smallest absolute Gasteiger partial charge is 0.261 e. The van der Waals surface area contributed by atoms with Gasteiger partial charge >= 0.3 is 0 Å². The number of ketones is 1. The van der Waals surface area contributed by atoms with Crippen LogP contribution in [0.15, 0.2) is 97.1 Å². The number of hydrogen-bond donors (Lipinski definition) is 0. The van der Waals surface area contributed by atoms with Crippen molar-refractivity contribution in [1.29, 1.82) is 0 Å². The molecule has 60 heavy (non-hydrogen) atoms. The topological polar surface area (TPSA) is 63.2 Å². The van der Waals surface area contributed by atoms with Gasteiger partial charge in [0.25, 0.3) is 8.32 Å². The van der Waals surface area contributed by atoms with Crippen molar-refractivity contribution in [2.45, 2.75) is 144 Å². The molecule has 0 aliphatic carbocycles. The maximum absolute atomic E-state index is 14.2. The number of hydrogen-bond acceptors (Lipinski definition) is 6. The van der Waals surface area contributed by atoms with Crippen molar-refractivity contribution >= 4 is 41.1 Å². The number of benzene rings is 3. The van der Waals surface area contributed by atoms with Crippen LogP contribution in [0.4, 0.5) is 0 Å². The molecule has 0 amide bonds. The Bertz CT molecular complexity index is 1700. The molecular weight excluding hydrogens is 793 g/mol. The zero-order valence-corrected chi connectivity index (χ0v) is 43.6. The second-order valence-corrected chi connectivity index (χ2v) is 34.6. The van der Waals surface area contributed by atoms with Crippen molar-refractivity contribution in [3.05, 3.63) is 103 Å². The van der Waals surface area contributed by atoms with Crippen LogP contribution in [0.1, 0.15) is 88.1 Å². The van der Waals surface area contributed by atoms with E-state index in [0.29, 0.717) is 19.8 Å². The van der Waals surface area contributed by atoms with E-state index in [1.807, 2.05) is 25.1 Å². The third-order valence-electron chi connectivity index (χ3n) is 12.5. The van der Waals surface area contributed by atoms with E-state index in [9.17, 15) is 4.79 Å². The van der Waals surface area contributed by atoms with E-state index in [1.165, 1.54) is 10.4 Å². The van der Waals surface area contributed by atoms with Crippen LogP contribution in [0.5, 0.6) is 5.75 Å². The molecule has 6 nitrogen and oxygen atoms in total. The minimum atomic E-state index is -2.76. The molecule has 0 aliphatic heterocycles. The Balaban J connectivity index is 1.79. The fourth-order valence-electron chi connectivity index (χ4n) is 8.09. The first-order chi connectivity index (χ1) is 27.8. The average Bonchev–Trinajstić information content (AvgIpc) is 3.17. The van der Waals surface area contributed by atoms with Crippen molar-refractivity contribution in [2.75, 3.05) is 20.3 Å². The van der Waals surface area contributed by atoms with Gasteiger partial charge in [-0.25, -0.2) is 0 Å². The molecule has 9 heteroatoms. The number of allylic oxidation sites excluding steroid dienone is 2. The normalized spacial score (nSPS) is 16.8. The lowest BCUT2D eigenvalue weighted by molar-refractivity contribution is -0.121. The maximum Gasteiger partial charge on any atom is 0.261 e. The summed E-state index contributed by atoms with van der Waals surface area (Å²) in [5, 5.41) is 2.44. The molecule has 0 bridgehead atoms. The van der Waals surface area contributed by atoms with Crippen LogP contribution in [0, 0.1) is 29.6 Å². The van der Waals surface area contributed by atoms with Crippen molar-refractivity contribution in [3.63, 3.8) is 0 Å². The molecule has 7 atom stereocenters. The Morgan fingerprint density at radius 2 is 1.17 bits per heavy atom. The van der Waals surface area contributed by atoms with E-state index in [1.54, 1.807) is 7.11 Å². The van der Waals surface area contributed by atoms with Crippen LogP contribution >= 0.6 is 0 Å². The Hall–Kier alpha value is -2.64. The highest BCUT2D eigenvalue weighted by Gasteiger charge is 2.51. The largest absolute Gasteiger partial charge is 0.497 e. The highest BCUT2D eigenvalue weighted by atomic mass is 28.4. The predicted molar refractivity (Wildman–Crippen MR) is 261 cm³/mol. The molecule has 0 saturated heterocycles. The van der Waals surface area contributed by atoms with Crippen LogP contribution in [-0.4, -0.2) is 63.3 Å². The molecule has 0 fully saturated rings. The average molecular weight is 875 g/mol. The molecule has 0 aromatic heterocycles. The summed E-state index contributed by atoms with van der Waals surface area (Å²) >= 11 is 0. The highest BCUT2D eigenvalue weighted by Crippen LogP contribution is 2.41. The van der Waals surface area contributed by atoms with Gasteiger partial charge in [-0.05, 0) is 95.2 Å². The van der Waals surface area contributed by atoms with Gasteiger partial charge in [0.05, 0.1) is 32.5 Å². The Morgan fingerprint density at radius 3 is 1.63 bits per heavy atom. The first-order valence-electron chi connectivity index (χ1n) is 22.4. The van der Waals surface area contributed by atoms with Crippen LogP contribution in [-0.2, 0) is 29.4 Å². The summed E-state index contributed by atoms with van der Waals surface area (Å²) < 4.78 is 33.1. The number of ether oxygens (including phenoxy) is 2. The summed E-state index contributed by atoms with van der Waals surface area (Å²) in [4.78, 5) is 14.2. The Morgan fingerprint density at radius 1 is 0.650 bits per heavy atom. The van der Waals surface area contributed by atoms with Crippen molar-refractivity contribution in [3.8, 4) is 5.75 Å². The third-order valence-corrected chi connectivity index (χ3v) is 22.9. The van der Waals surface area contributed by atoms with Crippen molar-refractivity contribution < 1.29 is 27.5 Å². The molecule has 3 aromatic carbocycles. The summed E-state index contributed by atoms with van der Waals surface area (Å²) in [7, 11) is -5.19. The van der Waals surface area contributed by atoms with Crippen molar-refractivity contribution in [1.82, 2.24) is 0 Å². The molecule has 334 valence electrons. The van der Waals surface area contributed by atoms with Gasteiger partial charge in [-0.2, -0.15) is 0 Å². The summed E-state index contributed by atoms with van der Waals surface area (Å²) in [5.41, 5.74) is 1.12. The molecule has 0 unspecified atom stereocenters. The number of carbonyl (C=O) groups is 1. The highest BCUT2D eigenvalue weighted by molar-refractivity contribution is 6.99. The van der Waals surface area contributed by atoms with Crippen LogP contribution in [0.25, 0.3) is 0 Å². The van der Waals surface area contributed by atoms with Gasteiger partial charge in [0.2, 0.25) is 0 Å². The fraction of sp³-hybridized carbons (Fsp3) is 0.588. The quantitative estimate of drug-likeness (QED) is 0.0699. The van der Waals surface area contributed by atoms with E-state index >= 15 is 0 Å². The SMILES string of the molecule is COc1ccc(COC[C@H](C)[C@H](O[Si](C)(C)C(C)(C)C)[C@@H](C)C[C@@H](C)/C=C/C(=O)[C@H](C)[C@@H](O[Si](C)(C)C)[C@@H](C)CO[Si](c2ccccc2)(c2ccccc2)C(C)(C)C)cc1. The minimum absolute atomic E-state index is 0.00941. The zero-order valence-electron chi connectivity index (χ0n) is 40.6. The second-order valence-electron chi connectivity index (χ2n) is 21.1. The van der Waals surface area contributed by atoms with E-state index in [-0.39, 0.29) is 57.7 Å². The molecule has 3 rings (SSSR count). The minimum Gasteiger partial charge on any atom is -0.497 e. The zero-order chi connectivity index (χ0) is 45.1. The van der Waals surface area contributed by atoms with E-state index < -0.39 is 25.0 Å². The van der Waals surface area contributed by atoms with Gasteiger partial charge in [0, 0.05) is 24.4 Å². The van der Waals surface area contributed by atoms with Crippen LogP contribution in [0.3, 0.4) is 0 Å². The molecule has 0 saturated carbocycles. The first-order valence-corrected chi connectivity index (χ1v) is 30.6. The van der Waals surface area contributed by atoms with E-state index in [2.05, 4.69) is 181 Å². The van der Waals surface area contributed by atoms with Crippen LogP contribution < -0.4 is 15.1 Å². The Kier molecular flexibility index (Phi) is 19.1. The Labute approximate surface area is 369 Å². The molecule has 0 heterocycles. The van der Waals surface area contributed by atoms with Gasteiger partial charge in [0.15, 0.2) is 22.4 Å². The number of carbonyl (C=O) groups excluding carboxylic acids is 1. The summed E-state index contributed by atoms with van der Waals surface area (Å²) in [6.45, 7) is 37.8. The van der Waals surface area contributed by atoms with Crippen molar-refractivity contribution in [2.24, 2.45) is 29.6 Å².